The monoisotopic (exact) mass is 632 g/mol. The number of para-hydroxylation sites is 2. The van der Waals surface area contributed by atoms with Crippen molar-refractivity contribution in [2.24, 2.45) is 5.92 Å². The summed E-state index contributed by atoms with van der Waals surface area (Å²) in [6.45, 7) is 3.12. The maximum atomic E-state index is 14.1. The number of carbonyl (C=O) groups excluding carboxylic acids is 1. The Kier molecular flexibility index (Phi) is 7.95. The van der Waals surface area contributed by atoms with E-state index < -0.39 is 0 Å². The summed E-state index contributed by atoms with van der Waals surface area (Å²) in [6, 6.07) is 15.5. The Morgan fingerprint density at radius 2 is 1.80 bits per heavy atom. The van der Waals surface area contributed by atoms with E-state index in [-0.39, 0.29) is 23.9 Å². The summed E-state index contributed by atoms with van der Waals surface area (Å²) in [4.78, 5) is 31.2. The zero-order valence-corrected chi connectivity index (χ0v) is 26.0. The van der Waals surface area contributed by atoms with Crippen LogP contribution >= 0.6 is 23.2 Å². The quantitative estimate of drug-likeness (QED) is 0.221. The molecule has 9 nitrogen and oxygen atoms in total. The van der Waals surface area contributed by atoms with Gasteiger partial charge in [0.15, 0.2) is 11.4 Å². The van der Waals surface area contributed by atoms with Crippen molar-refractivity contribution < 1.29 is 9.53 Å². The van der Waals surface area contributed by atoms with Crippen LogP contribution in [0.4, 0.5) is 0 Å². The minimum absolute atomic E-state index is 0.0732. The van der Waals surface area contributed by atoms with Crippen LogP contribution in [0.25, 0.3) is 27.6 Å². The maximum Gasteiger partial charge on any atom is 0.333 e. The number of benzene rings is 2. The van der Waals surface area contributed by atoms with Crippen LogP contribution in [0.3, 0.4) is 0 Å². The van der Waals surface area contributed by atoms with Gasteiger partial charge in [-0.05, 0) is 94.2 Å². The van der Waals surface area contributed by atoms with Gasteiger partial charge >= 0.3 is 5.69 Å². The van der Waals surface area contributed by atoms with Crippen LogP contribution in [0.2, 0.25) is 10.2 Å². The molecule has 1 N–H and O–H groups in total. The Balaban J connectivity index is 1.13. The highest BCUT2D eigenvalue weighted by Gasteiger charge is 2.26. The largest absolute Gasteiger partial charge is 0.356 e. The van der Waals surface area contributed by atoms with Crippen LogP contribution in [-0.2, 0) is 11.3 Å². The first-order chi connectivity index (χ1) is 21.4. The minimum atomic E-state index is -0.168. The third kappa shape index (κ3) is 5.42. The first kappa shape index (κ1) is 29.1. The predicted octanol–water partition coefficient (Wildman–Crippen LogP) is 6.84. The van der Waals surface area contributed by atoms with Gasteiger partial charge in [0, 0.05) is 30.8 Å². The van der Waals surface area contributed by atoms with Crippen molar-refractivity contribution in [3.05, 3.63) is 86.6 Å². The van der Waals surface area contributed by atoms with Crippen molar-refractivity contribution in [3.63, 3.8) is 0 Å². The summed E-state index contributed by atoms with van der Waals surface area (Å²) in [6.07, 6.45) is 7.89. The number of imidazole rings is 1. The fraction of sp³-hybridized carbons (Fsp3) is 0.394. The van der Waals surface area contributed by atoms with Gasteiger partial charge in [-0.15, -0.1) is 0 Å². The van der Waals surface area contributed by atoms with E-state index >= 15 is 0 Å². The van der Waals surface area contributed by atoms with E-state index in [1.807, 2.05) is 58.6 Å². The zero-order chi connectivity index (χ0) is 30.4. The molecule has 3 aromatic heterocycles. The molecule has 0 spiro atoms. The fourth-order valence-corrected chi connectivity index (χ4v) is 7.14. The number of hydrogen-bond acceptors (Lipinski definition) is 5. The molecule has 7 rings (SSSR count). The molecule has 1 aliphatic heterocycles. The molecule has 228 valence electrons. The summed E-state index contributed by atoms with van der Waals surface area (Å²) >= 11 is 12.6. The molecule has 1 aliphatic carbocycles. The lowest BCUT2D eigenvalue weighted by Crippen LogP contribution is -2.39. The number of fused-ring (bicyclic) bond motifs is 2. The number of aryl methyl sites for hydroxylation is 1. The summed E-state index contributed by atoms with van der Waals surface area (Å²) in [5, 5.41) is 9.47. The van der Waals surface area contributed by atoms with E-state index in [4.69, 9.17) is 27.9 Å². The average Bonchev–Trinajstić information content (AvgIpc) is 3.52. The number of hydrogen-bond donors (Lipinski definition) is 1. The molecule has 44 heavy (non-hydrogen) atoms. The number of rotatable bonds is 6. The van der Waals surface area contributed by atoms with Gasteiger partial charge in [-0.3, -0.25) is 18.9 Å². The molecule has 1 saturated heterocycles. The third-order valence-corrected chi connectivity index (χ3v) is 9.57. The highest BCUT2D eigenvalue weighted by Crippen LogP contribution is 2.32. The molecule has 0 bridgehead atoms. The van der Waals surface area contributed by atoms with Crippen molar-refractivity contribution in [2.75, 3.05) is 6.61 Å². The molecule has 4 heterocycles. The van der Waals surface area contributed by atoms with Crippen molar-refractivity contribution in [1.29, 1.82) is 0 Å². The molecule has 2 fully saturated rings. The van der Waals surface area contributed by atoms with E-state index in [0.717, 1.165) is 72.6 Å². The first-order valence-electron chi connectivity index (χ1n) is 15.3. The van der Waals surface area contributed by atoms with Crippen molar-refractivity contribution >= 4 is 51.0 Å². The van der Waals surface area contributed by atoms with Crippen LogP contribution in [0.5, 0.6) is 0 Å². The van der Waals surface area contributed by atoms with Gasteiger partial charge in [-0.1, -0.05) is 35.3 Å². The molecule has 11 heteroatoms. The Morgan fingerprint density at radius 3 is 2.57 bits per heavy atom. The van der Waals surface area contributed by atoms with Crippen molar-refractivity contribution in [3.8, 4) is 5.69 Å². The van der Waals surface area contributed by atoms with Gasteiger partial charge in [-0.2, -0.15) is 5.10 Å². The number of nitrogens with zero attached hydrogens (tertiary/aromatic N) is 5. The summed E-state index contributed by atoms with van der Waals surface area (Å²) in [5.74, 6) is 0.177. The predicted molar refractivity (Wildman–Crippen MR) is 172 cm³/mol. The van der Waals surface area contributed by atoms with E-state index in [1.54, 1.807) is 16.8 Å². The SMILES string of the molecule is Cc1ncc(Cl)cc1C(=O)N[C@H]1CC[C@H](Cn2c(=O)n(-c3ccc4c(Cl)nn(C5CCCCO5)c4c3)c3ccccc32)CC1. The Labute approximate surface area is 264 Å². The van der Waals surface area contributed by atoms with Gasteiger partial charge in [0.2, 0.25) is 0 Å². The molecule has 1 saturated carbocycles. The summed E-state index contributed by atoms with van der Waals surface area (Å²) in [5.41, 5.74) is 4.47. The molecular formula is C33H34Cl2N6O3. The second-order valence-corrected chi connectivity index (χ2v) is 12.7. The van der Waals surface area contributed by atoms with Gasteiger partial charge < -0.3 is 10.1 Å². The van der Waals surface area contributed by atoms with E-state index in [9.17, 15) is 9.59 Å². The number of halogens is 2. The van der Waals surface area contributed by atoms with Crippen LogP contribution < -0.4 is 11.0 Å². The molecule has 2 aromatic carbocycles. The lowest BCUT2D eigenvalue weighted by molar-refractivity contribution is -0.0366. The number of amides is 1. The smallest absolute Gasteiger partial charge is 0.333 e. The van der Waals surface area contributed by atoms with Gasteiger partial charge in [0.05, 0.1) is 38.5 Å². The highest BCUT2D eigenvalue weighted by molar-refractivity contribution is 6.34. The summed E-state index contributed by atoms with van der Waals surface area (Å²) < 4.78 is 11.6. The normalized spacial score (nSPS) is 20.8. The van der Waals surface area contributed by atoms with E-state index in [1.165, 1.54) is 0 Å². The Morgan fingerprint density at radius 1 is 1.00 bits per heavy atom. The number of ether oxygens (including phenoxy) is 1. The van der Waals surface area contributed by atoms with Gasteiger partial charge in [0.25, 0.3) is 5.91 Å². The molecule has 1 atom stereocenters. The second-order valence-electron chi connectivity index (χ2n) is 12.0. The molecule has 0 radical (unpaired) electrons. The van der Waals surface area contributed by atoms with Crippen LogP contribution in [0, 0.1) is 12.8 Å². The number of pyridine rings is 1. The van der Waals surface area contributed by atoms with Gasteiger partial charge in [0.1, 0.15) is 0 Å². The van der Waals surface area contributed by atoms with Crippen molar-refractivity contribution in [2.45, 2.75) is 70.7 Å². The van der Waals surface area contributed by atoms with Crippen LogP contribution in [0.15, 0.2) is 59.5 Å². The van der Waals surface area contributed by atoms with E-state index in [2.05, 4.69) is 15.4 Å². The van der Waals surface area contributed by atoms with E-state index in [0.29, 0.717) is 40.5 Å². The van der Waals surface area contributed by atoms with Gasteiger partial charge in [-0.25, -0.2) is 9.48 Å². The highest BCUT2D eigenvalue weighted by atomic mass is 35.5. The number of aromatic nitrogens is 5. The molecule has 5 aromatic rings. The number of carbonyl (C=O) groups is 1. The lowest BCUT2D eigenvalue weighted by atomic mass is 9.85. The Bertz CT molecular complexity index is 1910. The summed E-state index contributed by atoms with van der Waals surface area (Å²) in [7, 11) is 0. The molecular weight excluding hydrogens is 599 g/mol. The third-order valence-electron chi connectivity index (χ3n) is 9.09. The Hall–Kier alpha value is -3.66. The topological polar surface area (TPSA) is 96.0 Å². The second kappa shape index (κ2) is 12.0. The first-order valence-corrected chi connectivity index (χ1v) is 16.1. The average molecular weight is 634 g/mol. The maximum absolute atomic E-state index is 14.1. The standard InChI is InChI=1S/C33H34Cl2N6O3/c1-20-26(16-22(34)18-36-20)32(42)37-23-11-9-21(10-12-23)19-39-27-6-2-3-7-28(27)40(33(39)43)24-13-14-25-29(17-24)41(38-31(25)35)30-8-4-5-15-44-30/h2-3,6-7,13-14,16-18,21,23,30H,4-5,8-12,15,19H2,1H3,(H,37,42)/t21-,23-,30?. The molecule has 1 unspecified atom stereocenters. The fourth-order valence-electron chi connectivity index (χ4n) is 6.74. The molecule has 2 aliphatic rings. The lowest BCUT2D eigenvalue weighted by Gasteiger charge is -2.29. The van der Waals surface area contributed by atoms with Crippen LogP contribution in [-0.4, -0.2) is 42.5 Å². The minimum Gasteiger partial charge on any atom is -0.356 e. The number of nitrogens with one attached hydrogen (secondary N) is 1. The zero-order valence-electron chi connectivity index (χ0n) is 24.5. The van der Waals surface area contributed by atoms with Crippen molar-refractivity contribution in [1.82, 2.24) is 29.2 Å². The van der Waals surface area contributed by atoms with Crippen LogP contribution in [0.1, 0.15) is 67.2 Å². The molecule has 1 amide bonds.